The van der Waals surface area contributed by atoms with Gasteiger partial charge in [-0.3, -0.25) is 9.59 Å². The van der Waals surface area contributed by atoms with E-state index in [-0.39, 0.29) is 5.75 Å². The van der Waals surface area contributed by atoms with Gasteiger partial charge in [-0.2, -0.15) is 0 Å². The van der Waals surface area contributed by atoms with Crippen LogP contribution in [0.15, 0.2) is 18.2 Å². The summed E-state index contributed by atoms with van der Waals surface area (Å²) in [7, 11) is 0. The number of carbonyl (C=O) groups excluding carboxylic acids is 2. The monoisotopic (exact) mass is 242 g/mol. The lowest BCUT2D eigenvalue weighted by molar-refractivity contribution is -0.132. The van der Waals surface area contributed by atoms with Crippen molar-refractivity contribution in [3.8, 4) is 11.5 Å². The Morgan fingerprint density at radius 1 is 1.31 bits per heavy atom. The molecule has 1 rings (SSSR count). The number of carbonyl (C=O) groups is 2. The largest absolute Gasteiger partial charge is 0.490 e. The third-order valence-electron chi connectivity index (χ3n) is 1.72. The van der Waals surface area contributed by atoms with E-state index < -0.39 is 11.2 Å². The van der Waals surface area contributed by atoms with Crippen molar-refractivity contribution in [3.05, 3.63) is 23.8 Å². The van der Waals surface area contributed by atoms with Crippen molar-refractivity contribution < 1.29 is 19.1 Å². The zero-order valence-electron chi connectivity index (χ0n) is 8.95. The van der Waals surface area contributed by atoms with Gasteiger partial charge in [-0.1, -0.05) is 0 Å². The van der Waals surface area contributed by atoms with Gasteiger partial charge < -0.3 is 9.47 Å². The smallest absolute Gasteiger partial charge is 0.308 e. The third-order valence-corrected chi connectivity index (χ3v) is 1.94. The molecule has 0 saturated heterocycles. The van der Waals surface area contributed by atoms with Crippen LogP contribution < -0.4 is 9.47 Å². The van der Waals surface area contributed by atoms with Gasteiger partial charge >= 0.3 is 5.97 Å². The molecule has 0 saturated carbocycles. The van der Waals surface area contributed by atoms with Crippen molar-refractivity contribution in [3.63, 3.8) is 0 Å². The second kappa shape index (κ2) is 5.51. The molecule has 4 nitrogen and oxygen atoms in total. The van der Waals surface area contributed by atoms with E-state index in [1.807, 2.05) is 0 Å². The molecule has 0 unspecified atom stereocenters. The zero-order valence-corrected chi connectivity index (χ0v) is 9.71. The molecule has 0 aromatic heterocycles. The average molecular weight is 243 g/mol. The highest BCUT2D eigenvalue weighted by Gasteiger charge is 2.11. The summed E-state index contributed by atoms with van der Waals surface area (Å²) in [6, 6.07) is 4.38. The van der Waals surface area contributed by atoms with Crippen molar-refractivity contribution in [1.29, 1.82) is 0 Å². The van der Waals surface area contributed by atoms with Crippen LogP contribution in [0.5, 0.6) is 11.5 Å². The Balaban J connectivity index is 3.08. The second-order valence-corrected chi connectivity index (χ2v) is 3.31. The summed E-state index contributed by atoms with van der Waals surface area (Å²) in [5, 5.41) is -0.588. The molecule has 0 spiro atoms. The molecule has 0 N–H and O–H groups in total. The molecule has 5 heteroatoms. The van der Waals surface area contributed by atoms with Crippen molar-refractivity contribution >= 4 is 22.8 Å². The minimum Gasteiger partial charge on any atom is -0.490 e. The molecule has 16 heavy (non-hydrogen) atoms. The highest BCUT2D eigenvalue weighted by Crippen LogP contribution is 2.29. The Kier molecular flexibility index (Phi) is 4.31. The Morgan fingerprint density at radius 3 is 2.50 bits per heavy atom. The van der Waals surface area contributed by atoms with E-state index in [1.54, 1.807) is 6.92 Å². The highest BCUT2D eigenvalue weighted by molar-refractivity contribution is 6.67. The van der Waals surface area contributed by atoms with Gasteiger partial charge in [0.25, 0.3) is 5.24 Å². The van der Waals surface area contributed by atoms with E-state index in [0.29, 0.717) is 17.9 Å². The van der Waals surface area contributed by atoms with Crippen molar-refractivity contribution in [2.24, 2.45) is 0 Å². The molecule has 0 bridgehead atoms. The molecular weight excluding hydrogens is 232 g/mol. The summed E-state index contributed by atoms with van der Waals surface area (Å²) in [6.07, 6.45) is 0. The van der Waals surface area contributed by atoms with E-state index in [9.17, 15) is 9.59 Å². The number of rotatable bonds is 4. The van der Waals surface area contributed by atoms with Gasteiger partial charge in [0.1, 0.15) is 0 Å². The fraction of sp³-hybridized carbons (Fsp3) is 0.273. The number of halogens is 1. The molecule has 86 valence electrons. The predicted octanol–water partition coefficient (Wildman–Crippen LogP) is 2.39. The third kappa shape index (κ3) is 3.24. The predicted molar refractivity (Wildman–Crippen MR) is 59.1 cm³/mol. The molecule has 0 aliphatic rings. The van der Waals surface area contributed by atoms with Crippen LogP contribution in [0, 0.1) is 0 Å². The lowest BCUT2D eigenvalue weighted by Gasteiger charge is -2.09. The molecule has 0 aliphatic carbocycles. The summed E-state index contributed by atoms with van der Waals surface area (Å²) in [6.45, 7) is 3.47. The Bertz CT molecular complexity index is 414. The van der Waals surface area contributed by atoms with Crippen LogP contribution in [-0.4, -0.2) is 17.8 Å². The van der Waals surface area contributed by atoms with E-state index in [1.165, 1.54) is 25.1 Å². The highest BCUT2D eigenvalue weighted by atomic mass is 35.5. The van der Waals surface area contributed by atoms with Gasteiger partial charge in [0.2, 0.25) is 0 Å². The summed E-state index contributed by atoms with van der Waals surface area (Å²) in [4.78, 5) is 21.8. The molecule has 0 atom stereocenters. The summed E-state index contributed by atoms with van der Waals surface area (Å²) >= 11 is 5.33. The van der Waals surface area contributed by atoms with Gasteiger partial charge in [-0.05, 0) is 36.7 Å². The Morgan fingerprint density at radius 2 is 2.00 bits per heavy atom. The van der Waals surface area contributed by atoms with E-state index >= 15 is 0 Å². The summed E-state index contributed by atoms with van der Waals surface area (Å²) in [5.41, 5.74) is 0.293. The maximum Gasteiger partial charge on any atom is 0.308 e. The van der Waals surface area contributed by atoms with Gasteiger partial charge in [0.15, 0.2) is 11.5 Å². The molecule has 0 radical (unpaired) electrons. The van der Waals surface area contributed by atoms with Crippen LogP contribution in [0.2, 0.25) is 0 Å². The molecular formula is C11H11ClO4. The standard InChI is InChI=1S/C11H11ClO4/c1-3-15-10-6-8(11(12)14)4-5-9(10)16-7(2)13/h4-6H,3H2,1-2H3. The zero-order chi connectivity index (χ0) is 12.1. The Hall–Kier alpha value is -1.55. The first-order valence-electron chi connectivity index (χ1n) is 4.69. The molecule has 0 aliphatic heterocycles. The fourth-order valence-electron chi connectivity index (χ4n) is 1.14. The van der Waals surface area contributed by atoms with E-state index in [0.717, 1.165) is 0 Å². The number of benzene rings is 1. The second-order valence-electron chi connectivity index (χ2n) is 2.96. The Labute approximate surface area is 98.1 Å². The average Bonchev–Trinajstić information content (AvgIpc) is 2.20. The maximum atomic E-state index is 10.9. The van der Waals surface area contributed by atoms with E-state index in [2.05, 4.69) is 0 Å². The summed E-state index contributed by atoms with van der Waals surface area (Å²) in [5.74, 6) is 0.145. The number of hydrogen-bond donors (Lipinski definition) is 0. The minimum absolute atomic E-state index is 0.274. The van der Waals surface area contributed by atoms with Crippen LogP contribution in [0.25, 0.3) is 0 Å². The van der Waals surface area contributed by atoms with Crippen LogP contribution in [0.4, 0.5) is 0 Å². The van der Waals surface area contributed by atoms with Gasteiger partial charge in [0, 0.05) is 12.5 Å². The van der Waals surface area contributed by atoms with Crippen molar-refractivity contribution in [2.45, 2.75) is 13.8 Å². The molecule has 1 aromatic carbocycles. The normalized spacial score (nSPS) is 9.69. The van der Waals surface area contributed by atoms with Crippen molar-refractivity contribution in [2.75, 3.05) is 6.61 Å². The lowest BCUT2D eigenvalue weighted by Crippen LogP contribution is -2.05. The van der Waals surface area contributed by atoms with Crippen molar-refractivity contribution in [1.82, 2.24) is 0 Å². The number of esters is 1. The minimum atomic E-state index is -0.588. The van der Waals surface area contributed by atoms with Crippen LogP contribution in [0.1, 0.15) is 24.2 Å². The van der Waals surface area contributed by atoms with Gasteiger partial charge in [0.05, 0.1) is 6.61 Å². The first kappa shape index (κ1) is 12.5. The number of ether oxygens (including phenoxy) is 2. The summed E-state index contributed by atoms with van der Waals surface area (Å²) < 4.78 is 10.2. The van der Waals surface area contributed by atoms with Gasteiger partial charge in [-0.25, -0.2) is 0 Å². The molecule has 0 heterocycles. The maximum absolute atomic E-state index is 10.9. The van der Waals surface area contributed by atoms with Crippen LogP contribution in [-0.2, 0) is 4.79 Å². The first-order chi connectivity index (χ1) is 7.54. The molecule has 1 aromatic rings. The number of hydrogen-bond acceptors (Lipinski definition) is 4. The molecule has 0 fully saturated rings. The first-order valence-corrected chi connectivity index (χ1v) is 5.07. The fourth-order valence-corrected chi connectivity index (χ4v) is 1.26. The van der Waals surface area contributed by atoms with E-state index in [4.69, 9.17) is 21.1 Å². The van der Waals surface area contributed by atoms with Crippen LogP contribution >= 0.6 is 11.6 Å². The molecule has 0 amide bonds. The quantitative estimate of drug-likeness (QED) is 0.462. The topological polar surface area (TPSA) is 52.6 Å². The van der Waals surface area contributed by atoms with Gasteiger partial charge in [-0.15, -0.1) is 0 Å². The van der Waals surface area contributed by atoms with Crippen LogP contribution in [0.3, 0.4) is 0 Å². The SMILES string of the molecule is CCOc1cc(C(=O)Cl)ccc1OC(C)=O. The lowest BCUT2D eigenvalue weighted by atomic mass is 10.2.